The fourth-order valence-corrected chi connectivity index (χ4v) is 3.51. The van der Waals surface area contributed by atoms with E-state index in [0.29, 0.717) is 25.5 Å². The zero-order chi connectivity index (χ0) is 19.3. The summed E-state index contributed by atoms with van der Waals surface area (Å²) in [5.41, 5.74) is 8.35. The van der Waals surface area contributed by atoms with E-state index in [0.717, 1.165) is 29.0 Å². The second-order valence-corrected chi connectivity index (χ2v) is 8.57. The van der Waals surface area contributed by atoms with E-state index in [2.05, 4.69) is 10.3 Å². The Bertz CT molecular complexity index is 942. The third-order valence-corrected chi connectivity index (χ3v) is 4.73. The van der Waals surface area contributed by atoms with Gasteiger partial charge in [-0.25, -0.2) is 13.4 Å². The molecule has 144 valence electrons. The van der Waals surface area contributed by atoms with E-state index < -0.39 is 9.84 Å². The number of ether oxygens (including phenoxy) is 2. The zero-order valence-electron chi connectivity index (χ0n) is 15.1. The van der Waals surface area contributed by atoms with Crippen LogP contribution >= 0.6 is 0 Å². The van der Waals surface area contributed by atoms with Gasteiger partial charge in [-0.3, -0.25) is 0 Å². The smallest absolute Gasteiger partial charge is 0.193 e. The molecule has 0 saturated carbocycles. The Morgan fingerprint density at radius 2 is 1.85 bits per heavy atom. The molecule has 0 aliphatic carbocycles. The minimum Gasteiger partial charge on any atom is -0.490 e. The van der Waals surface area contributed by atoms with Crippen LogP contribution in [0.15, 0.2) is 47.5 Å². The van der Waals surface area contributed by atoms with E-state index in [-0.39, 0.29) is 11.7 Å². The van der Waals surface area contributed by atoms with E-state index in [1.807, 2.05) is 36.4 Å². The molecule has 0 fully saturated rings. The van der Waals surface area contributed by atoms with Gasteiger partial charge in [-0.15, -0.1) is 0 Å². The lowest BCUT2D eigenvalue weighted by atomic mass is 10.1. The van der Waals surface area contributed by atoms with Crippen LogP contribution in [0.25, 0.3) is 0 Å². The largest absolute Gasteiger partial charge is 0.490 e. The van der Waals surface area contributed by atoms with Gasteiger partial charge in [-0.05, 0) is 23.3 Å². The monoisotopic (exact) mass is 389 g/mol. The first kappa shape index (κ1) is 19.0. The van der Waals surface area contributed by atoms with Gasteiger partial charge >= 0.3 is 0 Å². The Morgan fingerprint density at radius 3 is 2.63 bits per heavy atom. The van der Waals surface area contributed by atoms with Gasteiger partial charge in [0.2, 0.25) is 0 Å². The predicted molar refractivity (Wildman–Crippen MR) is 106 cm³/mol. The van der Waals surface area contributed by atoms with Crippen molar-refractivity contribution in [3.8, 4) is 11.5 Å². The third-order valence-electron chi connectivity index (χ3n) is 3.87. The number of guanidine groups is 1. The minimum atomic E-state index is -3.07. The number of nitrogens with zero attached hydrogens (tertiary/aromatic N) is 1. The van der Waals surface area contributed by atoms with Gasteiger partial charge in [0.05, 0.1) is 25.5 Å². The van der Waals surface area contributed by atoms with Crippen molar-refractivity contribution in [3.63, 3.8) is 0 Å². The van der Waals surface area contributed by atoms with Crippen molar-refractivity contribution in [2.75, 3.05) is 24.8 Å². The molecular weight excluding hydrogens is 366 g/mol. The summed E-state index contributed by atoms with van der Waals surface area (Å²) in [7, 11) is -3.07. The molecule has 7 nitrogen and oxygen atoms in total. The minimum absolute atomic E-state index is 0.00941. The van der Waals surface area contributed by atoms with Gasteiger partial charge in [-0.1, -0.05) is 24.3 Å². The first-order valence-electron chi connectivity index (χ1n) is 8.61. The second-order valence-electron chi connectivity index (χ2n) is 6.43. The SMILES string of the molecule is CS(=O)(=O)Cc1cccc(CN=C(N)Nc2ccc3c(c2)OCCCO3)c1. The summed E-state index contributed by atoms with van der Waals surface area (Å²) >= 11 is 0. The summed E-state index contributed by atoms with van der Waals surface area (Å²) in [4.78, 5) is 4.32. The topological polar surface area (TPSA) is 103 Å². The summed E-state index contributed by atoms with van der Waals surface area (Å²) in [6, 6.07) is 12.8. The van der Waals surface area contributed by atoms with Crippen LogP contribution in [-0.4, -0.2) is 33.8 Å². The van der Waals surface area contributed by atoms with Crippen LogP contribution in [0.3, 0.4) is 0 Å². The predicted octanol–water partition coefficient (Wildman–Crippen LogP) is 2.32. The number of hydrogen-bond donors (Lipinski definition) is 2. The summed E-state index contributed by atoms with van der Waals surface area (Å²) in [6.07, 6.45) is 2.06. The molecule has 1 heterocycles. The maximum atomic E-state index is 11.4. The maximum absolute atomic E-state index is 11.4. The number of sulfone groups is 1. The lowest BCUT2D eigenvalue weighted by Crippen LogP contribution is -2.22. The summed E-state index contributed by atoms with van der Waals surface area (Å²) in [6.45, 7) is 1.60. The van der Waals surface area contributed by atoms with Gasteiger partial charge in [0.1, 0.15) is 0 Å². The van der Waals surface area contributed by atoms with Crippen molar-refractivity contribution >= 4 is 21.5 Å². The average molecular weight is 389 g/mol. The normalized spacial score (nSPS) is 14.5. The molecule has 3 rings (SSSR count). The molecule has 0 saturated heterocycles. The number of benzene rings is 2. The Hall–Kier alpha value is -2.74. The van der Waals surface area contributed by atoms with E-state index in [1.54, 1.807) is 6.07 Å². The molecule has 0 unspecified atom stereocenters. The molecule has 1 aliphatic rings. The van der Waals surface area contributed by atoms with Gasteiger partial charge in [0, 0.05) is 24.4 Å². The van der Waals surface area contributed by atoms with Crippen molar-refractivity contribution in [1.29, 1.82) is 0 Å². The fourth-order valence-electron chi connectivity index (χ4n) is 2.73. The number of nitrogens with one attached hydrogen (secondary N) is 1. The molecule has 0 aromatic heterocycles. The van der Waals surface area contributed by atoms with E-state index >= 15 is 0 Å². The molecule has 27 heavy (non-hydrogen) atoms. The molecule has 8 heteroatoms. The first-order valence-corrected chi connectivity index (χ1v) is 10.7. The highest BCUT2D eigenvalue weighted by atomic mass is 32.2. The molecular formula is C19H23N3O4S. The van der Waals surface area contributed by atoms with Gasteiger partial charge in [0.25, 0.3) is 0 Å². The molecule has 0 radical (unpaired) electrons. The fraction of sp³-hybridized carbons (Fsp3) is 0.316. The number of rotatable bonds is 5. The van der Waals surface area contributed by atoms with Crippen LogP contribution in [0.1, 0.15) is 17.5 Å². The van der Waals surface area contributed by atoms with Crippen molar-refractivity contribution < 1.29 is 17.9 Å². The standard InChI is InChI=1S/C19H23N3O4S/c1-27(23,24)13-15-5-2-4-14(10-15)12-21-19(20)22-16-6-7-17-18(11-16)26-9-3-8-25-17/h2,4-7,10-11H,3,8-9,12-13H2,1H3,(H3,20,21,22). The van der Waals surface area contributed by atoms with E-state index in [1.165, 1.54) is 6.26 Å². The summed E-state index contributed by atoms with van der Waals surface area (Å²) in [5, 5.41) is 3.03. The Morgan fingerprint density at radius 1 is 1.11 bits per heavy atom. The van der Waals surface area contributed by atoms with E-state index in [9.17, 15) is 8.42 Å². The van der Waals surface area contributed by atoms with Crippen molar-refractivity contribution in [1.82, 2.24) is 0 Å². The Kier molecular flexibility index (Phi) is 5.85. The van der Waals surface area contributed by atoms with E-state index in [4.69, 9.17) is 15.2 Å². The van der Waals surface area contributed by atoms with Crippen molar-refractivity contribution in [2.24, 2.45) is 10.7 Å². The zero-order valence-corrected chi connectivity index (χ0v) is 16.0. The highest BCUT2D eigenvalue weighted by Crippen LogP contribution is 2.32. The quantitative estimate of drug-likeness (QED) is 0.601. The molecule has 1 aliphatic heterocycles. The second kappa shape index (κ2) is 8.30. The summed E-state index contributed by atoms with van der Waals surface area (Å²) < 4.78 is 34.1. The van der Waals surface area contributed by atoms with Gasteiger partial charge in [0.15, 0.2) is 27.3 Å². The molecule has 2 aromatic rings. The maximum Gasteiger partial charge on any atom is 0.193 e. The average Bonchev–Trinajstić information content (AvgIpc) is 2.84. The lowest BCUT2D eigenvalue weighted by molar-refractivity contribution is 0.297. The molecule has 3 N–H and O–H groups in total. The Labute approximate surface area is 159 Å². The van der Waals surface area contributed by atoms with Crippen LogP contribution in [0.4, 0.5) is 5.69 Å². The van der Waals surface area contributed by atoms with Gasteiger partial charge in [-0.2, -0.15) is 0 Å². The number of aliphatic imine (C=N–C) groups is 1. The van der Waals surface area contributed by atoms with Gasteiger partial charge < -0.3 is 20.5 Å². The molecule has 0 atom stereocenters. The molecule has 2 aromatic carbocycles. The highest BCUT2D eigenvalue weighted by molar-refractivity contribution is 7.89. The Balaban J connectivity index is 1.65. The van der Waals surface area contributed by atoms with Crippen LogP contribution < -0.4 is 20.5 Å². The molecule has 0 amide bonds. The number of hydrogen-bond acceptors (Lipinski definition) is 5. The highest BCUT2D eigenvalue weighted by Gasteiger charge is 2.11. The third kappa shape index (κ3) is 5.89. The molecule has 0 bridgehead atoms. The lowest BCUT2D eigenvalue weighted by Gasteiger charge is -2.11. The van der Waals surface area contributed by atoms with Crippen LogP contribution in [0, 0.1) is 0 Å². The van der Waals surface area contributed by atoms with Crippen LogP contribution in [0.2, 0.25) is 0 Å². The first-order chi connectivity index (χ1) is 12.9. The van der Waals surface area contributed by atoms with Crippen LogP contribution in [-0.2, 0) is 22.1 Å². The number of nitrogens with two attached hydrogens (primary N) is 1. The number of fused-ring (bicyclic) bond motifs is 1. The van der Waals surface area contributed by atoms with Crippen molar-refractivity contribution in [2.45, 2.75) is 18.7 Å². The van der Waals surface area contributed by atoms with Crippen molar-refractivity contribution in [3.05, 3.63) is 53.6 Å². The summed E-state index contributed by atoms with van der Waals surface area (Å²) in [5.74, 6) is 1.67. The number of anilines is 1. The van der Waals surface area contributed by atoms with Crippen LogP contribution in [0.5, 0.6) is 11.5 Å². The molecule has 0 spiro atoms.